The highest BCUT2D eigenvalue weighted by molar-refractivity contribution is 5.68. The van der Waals surface area contributed by atoms with Crippen molar-refractivity contribution in [1.29, 1.82) is 0 Å². The molecule has 1 aromatic heterocycles. The molecule has 0 radical (unpaired) electrons. The van der Waals surface area contributed by atoms with E-state index in [2.05, 4.69) is 16.9 Å². The van der Waals surface area contributed by atoms with Crippen LogP contribution in [0.2, 0.25) is 0 Å². The minimum absolute atomic E-state index is 0.197. The molecule has 2 aliphatic rings. The Morgan fingerprint density at radius 3 is 2.57 bits per heavy atom. The maximum absolute atomic E-state index is 12.2. The van der Waals surface area contributed by atoms with Crippen LogP contribution in [0.25, 0.3) is 0 Å². The lowest BCUT2D eigenvalue weighted by Gasteiger charge is -2.34. The van der Waals surface area contributed by atoms with E-state index < -0.39 is 5.60 Å². The van der Waals surface area contributed by atoms with Crippen LogP contribution >= 0.6 is 0 Å². The lowest BCUT2D eigenvalue weighted by molar-refractivity contribution is 0.0204. The van der Waals surface area contributed by atoms with Gasteiger partial charge >= 0.3 is 6.09 Å². The zero-order chi connectivity index (χ0) is 16.6. The Hall–Kier alpha value is -1.65. The number of nitrogens with zero attached hydrogens (tertiary/aromatic N) is 3. The Morgan fingerprint density at radius 2 is 1.91 bits per heavy atom. The third-order valence-corrected chi connectivity index (χ3v) is 4.84. The van der Waals surface area contributed by atoms with E-state index >= 15 is 0 Å². The van der Waals surface area contributed by atoms with E-state index in [9.17, 15) is 4.79 Å². The van der Waals surface area contributed by atoms with E-state index in [1.54, 1.807) is 6.33 Å². The van der Waals surface area contributed by atoms with Gasteiger partial charge in [0.2, 0.25) is 0 Å². The number of rotatable bonds is 1. The lowest BCUT2D eigenvalue weighted by Crippen LogP contribution is -2.41. The number of fused-ring (bicyclic) bond motifs is 1. The molecule has 3 rings (SSSR count). The van der Waals surface area contributed by atoms with Crippen LogP contribution in [0.5, 0.6) is 0 Å². The van der Waals surface area contributed by atoms with Crippen LogP contribution in [-0.4, -0.2) is 39.7 Å². The minimum atomic E-state index is -0.434. The number of aryl methyl sites for hydroxylation is 1. The molecule has 1 amide bonds. The van der Waals surface area contributed by atoms with Crippen molar-refractivity contribution in [3.63, 3.8) is 0 Å². The van der Waals surface area contributed by atoms with E-state index in [0.717, 1.165) is 32.4 Å². The van der Waals surface area contributed by atoms with Gasteiger partial charge in [-0.2, -0.15) is 0 Å². The molecule has 2 heterocycles. The second-order valence-corrected chi connectivity index (χ2v) is 7.80. The summed E-state index contributed by atoms with van der Waals surface area (Å²) in [6, 6.07) is 0. The van der Waals surface area contributed by atoms with E-state index in [-0.39, 0.29) is 6.09 Å². The first-order valence-electron chi connectivity index (χ1n) is 8.67. The molecule has 0 aromatic carbocycles. The summed E-state index contributed by atoms with van der Waals surface area (Å²) >= 11 is 0. The molecule has 1 aliphatic heterocycles. The molecule has 0 saturated carbocycles. The molecule has 1 unspecified atom stereocenters. The summed E-state index contributed by atoms with van der Waals surface area (Å²) < 4.78 is 5.47. The molecular weight excluding hydrogens is 290 g/mol. The molecule has 0 bridgehead atoms. The summed E-state index contributed by atoms with van der Waals surface area (Å²) in [7, 11) is 0. The Morgan fingerprint density at radius 1 is 1.22 bits per heavy atom. The van der Waals surface area contributed by atoms with Gasteiger partial charge in [-0.25, -0.2) is 14.8 Å². The van der Waals surface area contributed by atoms with Crippen molar-refractivity contribution in [1.82, 2.24) is 14.9 Å². The summed E-state index contributed by atoms with van der Waals surface area (Å²) in [5.41, 5.74) is 3.40. The molecule has 5 heteroatoms. The van der Waals surface area contributed by atoms with Crippen molar-refractivity contribution in [3.8, 4) is 0 Å². The predicted octanol–water partition coefficient (Wildman–Crippen LogP) is 3.64. The number of hydrogen-bond acceptors (Lipinski definition) is 4. The monoisotopic (exact) mass is 317 g/mol. The number of ether oxygens (including phenoxy) is 1. The molecule has 23 heavy (non-hydrogen) atoms. The molecule has 0 N–H and O–H groups in total. The van der Waals surface area contributed by atoms with Gasteiger partial charge in [0.1, 0.15) is 11.9 Å². The predicted molar refractivity (Wildman–Crippen MR) is 88.6 cm³/mol. The molecule has 126 valence electrons. The van der Waals surface area contributed by atoms with Gasteiger partial charge in [-0.05, 0) is 57.9 Å². The summed E-state index contributed by atoms with van der Waals surface area (Å²) in [5.74, 6) is 0.996. The largest absolute Gasteiger partial charge is 0.444 e. The average Bonchev–Trinajstić information content (AvgIpc) is 2.87. The number of hydrogen-bond donors (Lipinski definition) is 0. The molecule has 1 aliphatic carbocycles. The Labute approximate surface area is 138 Å². The molecule has 0 spiro atoms. The average molecular weight is 317 g/mol. The highest BCUT2D eigenvalue weighted by Gasteiger charge is 2.32. The van der Waals surface area contributed by atoms with Gasteiger partial charge in [0.25, 0.3) is 0 Å². The van der Waals surface area contributed by atoms with Crippen molar-refractivity contribution in [2.45, 2.75) is 70.8 Å². The van der Waals surface area contributed by atoms with Crippen LogP contribution < -0.4 is 0 Å². The Bertz CT molecular complexity index is 586. The zero-order valence-corrected chi connectivity index (χ0v) is 14.6. The van der Waals surface area contributed by atoms with Crippen LogP contribution in [-0.2, 0) is 11.2 Å². The second-order valence-electron chi connectivity index (χ2n) is 7.80. The van der Waals surface area contributed by atoms with Gasteiger partial charge < -0.3 is 9.64 Å². The van der Waals surface area contributed by atoms with Crippen molar-refractivity contribution in [2.75, 3.05) is 13.1 Å². The fourth-order valence-electron chi connectivity index (χ4n) is 3.67. The van der Waals surface area contributed by atoms with E-state index in [1.807, 2.05) is 25.7 Å². The number of carbonyl (C=O) groups excluding carboxylic acids is 1. The van der Waals surface area contributed by atoms with Crippen LogP contribution in [0, 0.1) is 0 Å². The van der Waals surface area contributed by atoms with Crippen molar-refractivity contribution in [3.05, 3.63) is 23.3 Å². The standard InChI is InChI=1S/C18H27N3O2/c1-12-5-6-14-15(12)16(20-11-19-14)13-7-9-21(10-8-13)17(22)23-18(2,3)4/h11-13H,5-10H2,1-4H3. The summed E-state index contributed by atoms with van der Waals surface area (Å²) in [5, 5.41) is 0. The first kappa shape index (κ1) is 16.2. The Balaban J connectivity index is 1.67. The molecular formula is C18H27N3O2. The van der Waals surface area contributed by atoms with Crippen LogP contribution in [0.3, 0.4) is 0 Å². The number of amides is 1. The number of piperidine rings is 1. The molecule has 1 aromatic rings. The maximum Gasteiger partial charge on any atom is 0.410 e. The Kier molecular flexibility index (Phi) is 4.30. The lowest BCUT2D eigenvalue weighted by atomic mass is 9.88. The summed E-state index contributed by atoms with van der Waals surface area (Å²) in [4.78, 5) is 23.1. The maximum atomic E-state index is 12.2. The van der Waals surface area contributed by atoms with Gasteiger partial charge in [-0.1, -0.05) is 6.92 Å². The van der Waals surface area contributed by atoms with E-state index in [0.29, 0.717) is 11.8 Å². The zero-order valence-electron chi connectivity index (χ0n) is 14.6. The van der Waals surface area contributed by atoms with Gasteiger partial charge in [0, 0.05) is 24.7 Å². The van der Waals surface area contributed by atoms with E-state index in [4.69, 9.17) is 4.74 Å². The van der Waals surface area contributed by atoms with Crippen LogP contribution in [0.4, 0.5) is 4.79 Å². The quantitative estimate of drug-likeness (QED) is 0.793. The SMILES string of the molecule is CC1CCc2ncnc(C3CCN(C(=O)OC(C)(C)C)CC3)c21. The highest BCUT2D eigenvalue weighted by Crippen LogP contribution is 2.38. The summed E-state index contributed by atoms with van der Waals surface area (Å²) in [6.45, 7) is 9.48. The van der Waals surface area contributed by atoms with Crippen LogP contribution in [0.15, 0.2) is 6.33 Å². The summed E-state index contributed by atoms with van der Waals surface area (Å²) in [6.07, 6.45) is 5.68. The fourth-order valence-corrected chi connectivity index (χ4v) is 3.67. The highest BCUT2D eigenvalue weighted by atomic mass is 16.6. The number of likely N-dealkylation sites (tertiary alicyclic amines) is 1. The second kappa shape index (κ2) is 6.10. The van der Waals surface area contributed by atoms with Crippen molar-refractivity contribution in [2.24, 2.45) is 0 Å². The number of aromatic nitrogens is 2. The fraction of sp³-hybridized carbons (Fsp3) is 0.722. The molecule has 1 saturated heterocycles. The van der Waals surface area contributed by atoms with Crippen molar-refractivity contribution < 1.29 is 9.53 Å². The van der Waals surface area contributed by atoms with Gasteiger partial charge in [-0.15, -0.1) is 0 Å². The van der Waals surface area contributed by atoms with Crippen LogP contribution in [0.1, 0.15) is 75.7 Å². The molecule has 1 atom stereocenters. The van der Waals surface area contributed by atoms with Gasteiger partial charge in [0.15, 0.2) is 0 Å². The topological polar surface area (TPSA) is 55.3 Å². The third kappa shape index (κ3) is 3.48. The molecule has 5 nitrogen and oxygen atoms in total. The number of carbonyl (C=O) groups is 1. The smallest absolute Gasteiger partial charge is 0.410 e. The molecule has 1 fully saturated rings. The third-order valence-electron chi connectivity index (χ3n) is 4.84. The van der Waals surface area contributed by atoms with Gasteiger partial charge in [0.05, 0.1) is 5.69 Å². The first-order valence-corrected chi connectivity index (χ1v) is 8.67. The minimum Gasteiger partial charge on any atom is -0.444 e. The van der Waals surface area contributed by atoms with E-state index in [1.165, 1.54) is 23.4 Å². The van der Waals surface area contributed by atoms with Gasteiger partial charge in [-0.3, -0.25) is 0 Å². The normalized spacial score (nSPS) is 22.1. The first-order chi connectivity index (χ1) is 10.8. The van der Waals surface area contributed by atoms with Crippen molar-refractivity contribution >= 4 is 6.09 Å².